The predicted molar refractivity (Wildman–Crippen MR) is 121 cm³/mol. The first-order chi connectivity index (χ1) is 12.6. The van der Waals surface area contributed by atoms with Crippen molar-refractivity contribution < 1.29 is 13.3 Å². The Bertz CT molecular complexity index is 542. The van der Waals surface area contributed by atoms with Crippen LogP contribution in [-0.4, -0.2) is 37.0 Å². The molecule has 0 aliphatic carbocycles. The summed E-state index contributed by atoms with van der Waals surface area (Å²) in [5.41, 5.74) is 3.97. The number of anilines is 1. The fourth-order valence-corrected chi connectivity index (χ4v) is 10.6. The zero-order valence-electron chi connectivity index (χ0n) is 19.2. The van der Waals surface area contributed by atoms with E-state index in [1.165, 1.54) is 16.8 Å². The molecule has 0 aliphatic heterocycles. The Labute approximate surface area is 169 Å². The Balaban J connectivity index is 3.88. The van der Waals surface area contributed by atoms with Crippen molar-refractivity contribution in [3.63, 3.8) is 0 Å². The van der Waals surface area contributed by atoms with Crippen LogP contribution in [-0.2, 0) is 13.3 Å². The Morgan fingerprint density at radius 1 is 0.778 bits per heavy atom. The van der Waals surface area contributed by atoms with Gasteiger partial charge in [0, 0.05) is 25.5 Å². The van der Waals surface area contributed by atoms with Gasteiger partial charge in [0.15, 0.2) is 0 Å². The number of hydrogen-bond acceptors (Lipinski definition) is 4. The first-order valence-electron chi connectivity index (χ1n) is 10.4. The van der Waals surface area contributed by atoms with Crippen molar-refractivity contribution in [2.24, 2.45) is 0 Å². The van der Waals surface area contributed by atoms with Crippen LogP contribution in [0.15, 0.2) is 18.2 Å². The average Bonchev–Trinajstić information content (AvgIpc) is 2.54. The van der Waals surface area contributed by atoms with Crippen molar-refractivity contribution >= 4 is 22.9 Å². The standard InChI is InChI=1S/C21H41NO3Si2/c1-11-23-27(24-12-2,25-13-3)22(26(8,9)10)21-19(17(4)5)15-14-16-20(21)18(6)7/h14-18H,11-13H2,1-10H3. The van der Waals surface area contributed by atoms with Gasteiger partial charge in [-0.1, -0.05) is 65.5 Å². The van der Waals surface area contributed by atoms with Crippen LogP contribution in [0, 0.1) is 0 Å². The van der Waals surface area contributed by atoms with Crippen LogP contribution in [0.5, 0.6) is 0 Å². The third-order valence-corrected chi connectivity index (χ3v) is 11.6. The first kappa shape index (κ1) is 24.4. The molecule has 0 heterocycles. The maximum atomic E-state index is 6.38. The second kappa shape index (κ2) is 10.2. The lowest BCUT2D eigenvalue weighted by atomic mass is 9.93. The SMILES string of the molecule is CCO[Si](OCC)(OCC)N(c1c(C(C)C)cccc1C(C)C)[Si](C)(C)C. The largest absolute Gasteiger partial charge is 0.625 e. The second-order valence-corrected chi connectivity index (χ2v) is 16.0. The van der Waals surface area contributed by atoms with Crippen LogP contribution in [0.4, 0.5) is 5.69 Å². The van der Waals surface area contributed by atoms with Gasteiger partial charge >= 0.3 is 8.97 Å². The van der Waals surface area contributed by atoms with E-state index < -0.39 is 17.2 Å². The summed E-state index contributed by atoms with van der Waals surface area (Å²) < 4.78 is 21.6. The second-order valence-electron chi connectivity index (χ2n) is 8.42. The number of nitrogens with zero attached hydrogens (tertiary/aromatic N) is 1. The van der Waals surface area contributed by atoms with Gasteiger partial charge < -0.3 is 17.5 Å². The summed E-state index contributed by atoms with van der Waals surface area (Å²) in [4.78, 5) is 0. The molecular weight excluding hydrogens is 370 g/mol. The highest BCUT2D eigenvalue weighted by molar-refractivity contribution is 6.93. The lowest BCUT2D eigenvalue weighted by molar-refractivity contribution is 0.0731. The quantitative estimate of drug-likeness (QED) is 0.410. The monoisotopic (exact) mass is 411 g/mol. The normalized spacial score (nSPS) is 12.9. The van der Waals surface area contributed by atoms with Crippen LogP contribution < -0.4 is 4.23 Å². The van der Waals surface area contributed by atoms with Crippen molar-refractivity contribution in [2.75, 3.05) is 24.1 Å². The molecule has 0 atom stereocenters. The van der Waals surface area contributed by atoms with Crippen LogP contribution in [0.2, 0.25) is 19.6 Å². The van der Waals surface area contributed by atoms with Crippen LogP contribution in [0.25, 0.3) is 0 Å². The zero-order valence-corrected chi connectivity index (χ0v) is 21.2. The number of hydrogen-bond donors (Lipinski definition) is 0. The van der Waals surface area contributed by atoms with Gasteiger partial charge in [0.05, 0.1) is 0 Å². The molecule has 0 amide bonds. The molecule has 0 aromatic heterocycles. The summed E-state index contributed by atoms with van der Waals surface area (Å²) in [7, 11) is -4.97. The van der Waals surface area contributed by atoms with Gasteiger partial charge in [0.2, 0.25) is 0 Å². The molecule has 0 fully saturated rings. The van der Waals surface area contributed by atoms with Gasteiger partial charge in [0.1, 0.15) is 8.24 Å². The summed E-state index contributed by atoms with van der Waals surface area (Å²) in [5.74, 6) is 0.822. The summed E-state index contributed by atoms with van der Waals surface area (Å²) in [6.07, 6.45) is 0. The van der Waals surface area contributed by atoms with Gasteiger partial charge in [-0.25, -0.2) is 0 Å². The third kappa shape index (κ3) is 5.67. The molecule has 0 bridgehead atoms. The molecule has 4 nitrogen and oxygen atoms in total. The molecule has 0 aliphatic rings. The topological polar surface area (TPSA) is 30.9 Å². The van der Waals surface area contributed by atoms with Gasteiger partial charge in [-0.15, -0.1) is 0 Å². The van der Waals surface area contributed by atoms with E-state index in [4.69, 9.17) is 13.3 Å². The van der Waals surface area contributed by atoms with E-state index in [0.29, 0.717) is 31.7 Å². The van der Waals surface area contributed by atoms with Crippen LogP contribution in [0.1, 0.15) is 71.4 Å². The van der Waals surface area contributed by atoms with Gasteiger partial charge in [0.25, 0.3) is 0 Å². The molecule has 1 aromatic carbocycles. The molecule has 6 heteroatoms. The van der Waals surface area contributed by atoms with E-state index in [1.807, 2.05) is 20.8 Å². The molecule has 0 unspecified atom stereocenters. The summed E-state index contributed by atoms with van der Waals surface area (Å²) in [6.45, 7) is 23.9. The smallest absolute Gasteiger partial charge is 0.359 e. The van der Waals surface area contributed by atoms with E-state index in [-0.39, 0.29) is 0 Å². The predicted octanol–water partition coefficient (Wildman–Crippen LogP) is 6.12. The number of para-hydroxylation sites is 1. The Morgan fingerprint density at radius 3 is 1.41 bits per heavy atom. The van der Waals surface area contributed by atoms with E-state index in [9.17, 15) is 0 Å². The van der Waals surface area contributed by atoms with Crippen molar-refractivity contribution in [1.82, 2.24) is 0 Å². The fraction of sp³-hybridized carbons (Fsp3) is 0.714. The third-order valence-electron chi connectivity index (χ3n) is 4.49. The van der Waals surface area contributed by atoms with Crippen molar-refractivity contribution in [1.29, 1.82) is 0 Å². The van der Waals surface area contributed by atoms with E-state index in [0.717, 1.165) is 0 Å². The average molecular weight is 412 g/mol. The number of rotatable bonds is 11. The minimum absolute atomic E-state index is 0.411. The Kier molecular flexibility index (Phi) is 9.21. The molecule has 1 rings (SSSR count). The maximum Gasteiger partial charge on any atom is 0.625 e. The molecule has 1 aromatic rings. The lowest BCUT2D eigenvalue weighted by Gasteiger charge is -2.48. The summed E-state index contributed by atoms with van der Waals surface area (Å²) >= 11 is 0. The molecule has 27 heavy (non-hydrogen) atoms. The Morgan fingerprint density at radius 2 is 1.15 bits per heavy atom. The van der Waals surface area contributed by atoms with Crippen molar-refractivity contribution in [3.05, 3.63) is 29.3 Å². The van der Waals surface area contributed by atoms with E-state index in [1.54, 1.807) is 0 Å². The summed E-state index contributed by atoms with van der Waals surface area (Å²) in [6, 6.07) is 6.69. The van der Waals surface area contributed by atoms with Crippen molar-refractivity contribution in [2.45, 2.75) is 79.9 Å². The van der Waals surface area contributed by atoms with Gasteiger partial charge in [-0.05, 0) is 43.7 Å². The molecule has 0 radical (unpaired) electrons. The zero-order chi connectivity index (χ0) is 20.8. The maximum absolute atomic E-state index is 6.38. The van der Waals surface area contributed by atoms with E-state index in [2.05, 4.69) is 69.8 Å². The molecule has 156 valence electrons. The highest BCUT2D eigenvalue weighted by Gasteiger charge is 2.55. The van der Waals surface area contributed by atoms with Gasteiger partial charge in [-0.2, -0.15) is 0 Å². The first-order valence-corrected chi connectivity index (χ1v) is 15.5. The molecule has 0 spiro atoms. The fourth-order valence-electron chi connectivity index (χ4n) is 3.52. The lowest BCUT2D eigenvalue weighted by Crippen LogP contribution is -2.70. The van der Waals surface area contributed by atoms with Crippen LogP contribution in [0.3, 0.4) is 0 Å². The molecule has 0 N–H and O–H groups in total. The minimum Gasteiger partial charge on any atom is -0.359 e. The van der Waals surface area contributed by atoms with E-state index >= 15 is 0 Å². The highest BCUT2D eigenvalue weighted by Crippen LogP contribution is 2.41. The minimum atomic E-state index is -3.06. The van der Waals surface area contributed by atoms with Crippen LogP contribution >= 0.6 is 0 Å². The molecule has 0 saturated carbocycles. The number of benzene rings is 1. The van der Waals surface area contributed by atoms with Gasteiger partial charge in [-0.3, -0.25) is 0 Å². The summed E-state index contributed by atoms with van der Waals surface area (Å²) in [5, 5.41) is 0. The molecule has 0 saturated heterocycles. The van der Waals surface area contributed by atoms with Crippen molar-refractivity contribution in [3.8, 4) is 0 Å². The molecular formula is C21H41NO3Si2. The highest BCUT2D eigenvalue weighted by atomic mass is 28.4. The Hall–Kier alpha value is -0.666.